The van der Waals surface area contributed by atoms with E-state index in [4.69, 9.17) is 16.3 Å². The van der Waals surface area contributed by atoms with Crippen molar-refractivity contribution in [3.8, 4) is 5.75 Å². The zero-order valence-electron chi connectivity index (χ0n) is 19.1. The molecule has 1 aliphatic carbocycles. The average Bonchev–Trinajstić information content (AvgIpc) is 3.42. The summed E-state index contributed by atoms with van der Waals surface area (Å²) < 4.78 is 7.05. The van der Waals surface area contributed by atoms with Crippen LogP contribution >= 0.6 is 11.6 Å². The first-order valence-electron chi connectivity index (χ1n) is 11.7. The quantitative estimate of drug-likeness (QED) is 0.427. The Bertz CT molecular complexity index is 1310. The van der Waals surface area contributed by atoms with Crippen molar-refractivity contribution in [2.45, 2.75) is 31.3 Å². The van der Waals surface area contributed by atoms with Gasteiger partial charge in [0.05, 0.1) is 31.0 Å². The maximum absolute atomic E-state index is 13.1. The minimum Gasteiger partial charge on any atom is -0.497 e. The number of aromatic nitrogens is 3. The minimum atomic E-state index is -0.340. The molecule has 8 nitrogen and oxygen atoms in total. The monoisotopic (exact) mass is 489 g/mol. The van der Waals surface area contributed by atoms with Gasteiger partial charge in [-0.3, -0.25) is 9.59 Å². The molecule has 3 aromatic rings. The highest BCUT2D eigenvalue weighted by molar-refractivity contribution is 6.31. The molecule has 1 saturated heterocycles. The number of halogens is 1. The standard InChI is InChI=1S/C26H24ClN5O3/c1-35-16-12-10-15(11-13-16)21-14-22(19-8-4-5-9-20(19)27)32-25(28-21)29-26(30-32)31-23(33)17-6-2-3-7-18(17)24(31)34/h2-5,8-13,17-18,21-22H,6-7,14H2,1H3,(H,28,29,30). The van der Waals surface area contributed by atoms with E-state index in [1.54, 1.807) is 11.8 Å². The van der Waals surface area contributed by atoms with Crippen LogP contribution in [0.5, 0.6) is 5.75 Å². The van der Waals surface area contributed by atoms with E-state index in [0.29, 0.717) is 30.2 Å². The molecule has 1 fully saturated rings. The van der Waals surface area contributed by atoms with E-state index in [1.807, 2.05) is 60.7 Å². The molecule has 4 unspecified atom stereocenters. The second-order valence-corrected chi connectivity index (χ2v) is 9.50. The molecule has 178 valence electrons. The van der Waals surface area contributed by atoms with Crippen LogP contribution < -0.4 is 15.0 Å². The van der Waals surface area contributed by atoms with Gasteiger partial charge in [-0.1, -0.05) is 54.1 Å². The maximum Gasteiger partial charge on any atom is 0.260 e. The molecule has 3 heterocycles. The minimum absolute atomic E-state index is 0.0801. The van der Waals surface area contributed by atoms with Gasteiger partial charge in [-0.2, -0.15) is 4.98 Å². The van der Waals surface area contributed by atoms with Crippen molar-refractivity contribution >= 4 is 35.3 Å². The SMILES string of the molecule is COc1ccc(C2CC(c3ccccc3Cl)n3nc(N4C(=O)C5CC=CCC5C4=O)nc3N2)cc1. The molecule has 1 aromatic heterocycles. The van der Waals surface area contributed by atoms with Crippen molar-refractivity contribution in [2.75, 3.05) is 17.3 Å². The van der Waals surface area contributed by atoms with Gasteiger partial charge in [-0.05, 0) is 48.6 Å². The summed E-state index contributed by atoms with van der Waals surface area (Å²) in [5.41, 5.74) is 1.97. The normalized spacial score (nSPS) is 25.3. The molecule has 9 heteroatoms. The summed E-state index contributed by atoms with van der Waals surface area (Å²) >= 11 is 6.60. The molecule has 2 amide bonds. The number of nitrogens with one attached hydrogen (secondary N) is 1. The number of allylic oxidation sites excluding steroid dienone is 2. The Morgan fingerprint density at radius 1 is 1.00 bits per heavy atom. The molecule has 0 spiro atoms. The van der Waals surface area contributed by atoms with Crippen molar-refractivity contribution in [3.05, 3.63) is 76.8 Å². The van der Waals surface area contributed by atoms with E-state index in [9.17, 15) is 9.59 Å². The van der Waals surface area contributed by atoms with E-state index in [1.165, 1.54) is 4.90 Å². The highest BCUT2D eigenvalue weighted by Crippen LogP contribution is 2.42. The molecule has 0 saturated carbocycles. The molecule has 35 heavy (non-hydrogen) atoms. The van der Waals surface area contributed by atoms with Crippen molar-refractivity contribution in [3.63, 3.8) is 0 Å². The Balaban J connectivity index is 1.40. The highest BCUT2D eigenvalue weighted by atomic mass is 35.5. The first-order valence-corrected chi connectivity index (χ1v) is 12.1. The first-order chi connectivity index (χ1) is 17.0. The zero-order valence-corrected chi connectivity index (χ0v) is 19.9. The summed E-state index contributed by atoms with van der Waals surface area (Å²) in [6.07, 6.45) is 5.73. The smallest absolute Gasteiger partial charge is 0.260 e. The van der Waals surface area contributed by atoms with Crippen LogP contribution in [0, 0.1) is 11.8 Å². The lowest BCUT2D eigenvalue weighted by Gasteiger charge is -2.32. The van der Waals surface area contributed by atoms with Crippen LogP contribution in [0.25, 0.3) is 0 Å². The Morgan fingerprint density at radius 3 is 2.34 bits per heavy atom. The Kier molecular flexibility index (Phi) is 5.33. The van der Waals surface area contributed by atoms with E-state index in [0.717, 1.165) is 16.9 Å². The molecule has 6 rings (SSSR count). The van der Waals surface area contributed by atoms with Gasteiger partial charge in [-0.15, -0.1) is 5.10 Å². The second kappa shape index (κ2) is 8.53. The summed E-state index contributed by atoms with van der Waals surface area (Å²) in [4.78, 5) is 32.1. The lowest BCUT2D eigenvalue weighted by molar-refractivity contribution is -0.122. The number of amides is 2. The van der Waals surface area contributed by atoms with Gasteiger partial charge in [0.15, 0.2) is 0 Å². The van der Waals surface area contributed by atoms with Crippen LogP contribution in [0.3, 0.4) is 0 Å². The Labute approximate surface area is 207 Å². The van der Waals surface area contributed by atoms with Gasteiger partial charge in [0, 0.05) is 5.02 Å². The van der Waals surface area contributed by atoms with Crippen molar-refractivity contribution < 1.29 is 14.3 Å². The zero-order chi connectivity index (χ0) is 24.1. The van der Waals surface area contributed by atoms with Gasteiger partial charge in [0.1, 0.15) is 5.75 Å². The van der Waals surface area contributed by atoms with Crippen molar-refractivity contribution in [1.29, 1.82) is 0 Å². The number of carbonyl (C=O) groups excluding carboxylic acids is 2. The Morgan fingerprint density at radius 2 is 1.69 bits per heavy atom. The number of methoxy groups -OCH3 is 1. The predicted molar refractivity (Wildman–Crippen MR) is 131 cm³/mol. The van der Waals surface area contributed by atoms with Crippen LogP contribution in [-0.4, -0.2) is 33.7 Å². The fourth-order valence-electron chi connectivity index (χ4n) is 5.32. The number of imide groups is 1. The highest BCUT2D eigenvalue weighted by Gasteiger charge is 2.50. The number of ether oxygens (including phenoxy) is 1. The first kappa shape index (κ1) is 21.9. The molecule has 0 bridgehead atoms. The molecule has 0 radical (unpaired) electrons. The summed E-state index contributed by atoms with van der Waals surface area (Å²) in [6, 6.07) is 15.2. The van der Waals surface area contributed by atoms with Crippen molar-refractivity contribution in [1.82, 2.24) is 14.8 Å². The van der Waals surface area contributed by atoms with Crippen molar-refractivity contribution in [2.24, 2.45) is 11.8 Å². The third-order valence-electron chi connectivity index (χ3n) is 7.17. The topological polar surface area (TPSA) is 89.4 Å². The number of nitrogens with zero attached hydrogens (tertiary/aromatic N) is 4. The van der Waals surface area contributed by atoms with E-state index in [-0.39, 0.29) is 41.7 Å². The van der Waals surface area contributed by atoms with Gasteiger partial charge in [0.25, 0.3) is 5.95 Å². The number of benzene rings is 2. The molecular formula is C26H24ClN5O3. The van der Waals surface area contributed by atoms with Gasteiger partial charge < -0.3 is 10.1 Å². The predicted octanol–water partition coefficient (Wildman–Crippen LogP) is 4.54. The van der Waals surface area contributed by atoms with Gasteiger partial charge in [0.2, 0.25) is 17.8 Å². The third kappa shape index (κ3) is 3.60. The van der Waals surface area contributed by atoms with E-state index < -0.39 is 0 Å². The largest absolute Gasteiger partial charge is 0.497 e. The molecule has 4 atom stereocenters. The summed E-state index contributed by atoms with van der Waals surface area (Å²) in [7, 11) is 1.64. The van der Waals surface area contributed by atoms with E-state index >= 15 is 0 Å². The Hall–Kier alpha value is -3.65. The van der Waals surface area contributed by atoms with E-state index in [2.05, 4.69) is 15.4 Å². The molecule has 1 N–H and O–H groups in total. The average molecular weight is 490 g/mol. The molecule has 2 aliphatic heterocycles. The fraction of sp³-hybridized carbons (Fsp3) is 0.308. The number of fused-ring (bicyclic) bond motifs is 2. The van der Waals surface area contributed by atoms with Crippen LogP contribution in [-0.2, 0) is 9.59 Å². The van der Waals surface area contributed by atoms with Gasteiger partial charge >= 0.3 is 0 Å². The summed E-state index contributed by atoms with van der Waals surface area (Å²) in [5.74, 6) is 0.246. The molecule has 2 aromatic carbocycles. The number of anilines is 2. The van der Waals surface area contributed by atoms with Crippen LogP contribution in [0.15, 0.2) is 60.7 Å². The van der Waals surface area contributed by atoms with Crippen LogP contribution in [0.2, 0.25) is 5.02 Å². The van der Waals surface area contributed by atoms with Crippen LogP contribution in [0.1, 0.15) is 42.5 Å². The molecule has 3 aliphatic rings. The summed E-state index contributed by atoms with van der Waals surface area (Å²) in [6.45, 7) is 0. The second-order valence-electron chi connectivity index (χ2n) is 9.09. The van der Waals surface area contributed by atoms with Crippen LogP contribution in [0.4, 0.5) is 11.9 Å². The number of carbonyl (C=O) groups is 2. The molecular weight excluding hydrogens is 466 g/mol. The van der Waals surface area contributed by atoms with Gasteiger partial charge in [-0.25, -0.2) is 9.58 Å². The lowest BCUT2D eigenvalue weighted by atomic mass is 9.85. The fourth-order valence-corrected chi connectivity index (χ4v) is 5.58. The lowest BCUT2D eigenvalue weighted by Crippen LogP contribution is -2.32. The number of hydrogen-bond acceptors (Lipinski definition) is 6. The number of hydrogen-bond donors (Lipinski definition) is 1. The third-order valence-corrected chi connectivity index (χ3v) is 7.51. The number of rotatable bonds is 4. The maximum atomic E-state index is 13.1. The summed E-state index contributed by atoms with van der Waals surface area (Å²) in [5, 5.41) is 8.75.